The van der Waals surface area contributed by atoms with E-state index in [-0.39, 0.29) is 0 Å². The zero-order valence-electron chi connectivity index (χ0n) is 18.7. The van der Waals surface area contributed by atoms with Crippen LogP contribution in [0.1, 0.15) is 56.5 Å². The SMILES string of the molecule is CCCC(CC)CCc1ccccc1-c1cc2ccc3ccc(C)nc3c2nc1C. The molecule has 2 aromatic carbocycles. The summed E-state index contributed by atoms with van der Waals surface area (Å²) in [6, 6.07) is 19.7. The molecule has 2 heterocycles. The van der Waals surface area contributed by atoms with Gasteiger partial charge < -0.3 is 0 Å². The lowest BCUT2D eigenvalue weighted by Gasteiger charge is -2.17. The summed E-state index contributed by atoms with van der Waals surface area (Å²) < 4.78 is 0. The Kier molecular flexibility index (Phi) is 6.13. The number of benzene rings is 2. The maximum absolute atomic E-state index is 5.04. The van der Waals surface area contributed by atoms with Gasteiger partial charge in [-0.3, -0.25) is 9.97 Å². The molecular formula is C28H32N2. The second kappa shape index (κ2) is 8.95. The smallest absolute Gasteiger partial charge is 0.0968 e. The van der Waals surface area contributed by atoms with Gasteiger partial charge in [0, 0.05) is 27.7 Å². The van der Waals surface area contributed by atoms with Crippen molar-refractivity contribution < 1.29 is 0 Å². The molecule has 0 aliphatic carbocycles. The maximum atomic E-state index is 5.04. The number of aryl methyl sites for hydroxylation is 3. The molecule has 2 nitrogen and oxygen atoms in total. The van der Waals surface area contributed by atoms with Crippen LogP contribution >= 0.6 is 0 Å². The average molecular weight is 397 g/mol. The summed E-state index contributed by atoms with van der Waals surface area (Å²) in [5.41, 5.74) is 8.12. The van der Waals surface area contributed by atoms with Gasteiger partial charge in [0.25, 0.3) is 0 Å². The van der Waals surface area contributed by atoms with Crippen molar-refractivity contribution in [3.8, 4) is 11.1 Å². The Labute approximate surface area is 180 Å². The maximum Gasteiger partial charge on any atom is 0.0968 e. The first-order valence-electron chi connectivity index (χ1n) is 11.4. The molecule has 30 heavy (non-hydrogen) atoms. The highest BCUT2D eigenvalue weighted by Crippen LogP contribution is 2.32. The van der Waals surface area contributed by atoms with E-state index in [1.165, 1.54) is 42.4 Å². The molecule has 0 amide bonds. The van der Waals surface area contributed by atoms with Crippen LogP contribution in [0, 0.1) is 19.8 Å². The fourth-order valence-electron chi connectivity index (χ4n) is 4.60. The molecular weight excluding hydrogens is 364 g/mol. The fraction of sp³-hybridized carbons (Fsp3) is 0.357. The molecule has 0 bridgehead atoms. The van der Waals surface area contributed by atoms with Gasteiger partial charge in [0.2, 0.25) is 0 Å². The van der Waals surface area contributed by atoms with Crippen LogP contribution in [0.2, 0.25) is 0 Å². The summed E-state index contributed by atoms with van der Waals surface area (Å²) in [4.78, 5) is 9.82. The molecule has 1 atom stereocenters. The van der Waals surface area contributed by atoms with Crippen molar-refractivity contribution in [2.24, 2.45) is 5.92 Å². The molecule has 4 rings (SSSR count). The highest BCUT2D eigenvalue weighted by atomic mass is 14.8. The monoisotopic (exact) mass is 396 g/mol. The molecule has 2 heteroatoms. The quantitative estimate of drug-likeness (QED) is 0.297. The van der Waals surface area contributed by atoms with E-state index >= 15 is 0 Å². The molecule has 1 unspecified atom stereocenters. The van der Waals surface area contributed by atoms with E-state index in [1.807, 2.05) is 6.92 Å². The van der Waals surface area contributed by atoms with Crippen LogP contribution in [0.3, 0.4) is 0 Å². The Morgan fingerprint density at radius 1 is 0.767 bits per heavy atom. The van der Waals surface area contributed by atoms with Gasteiger partial charge in [-0.15, -0.1) is 0 Å². The minimum Gasteiger partial charge on any atom is -0.251 e. The van der Waals surface area contributed by atoms with Crippen molar-refractivity contribution in [1.29, 1.82) is 0 Å². The summed E-state index contributed by atoms with van der Waals surface area (Å²) in [7, 11) is 0. The molecule has 154 valence electrons. The van der Waals surface area contributed by atoms with Gasteiger partial charge in [-0.25, -0.2) is 0 Å². The van der Waals surface area contributed by atoms with Gasteiger partial charge in [0.1, 0.15) is 0 Å². The van der Waals surface area contributed by atoms with Crippen molar-refractivity contribution in [3.05, 3.63) is 71.5 Å². The molecule has 0 spiro atoms. The number of hydrogen-bond acceptors (Lipinski definition) is 2. The minimum atomic E-state index is 0.819. The molecule has 0 N–H and O–H groups in total. The number of nitrogens with zero attached hydrogens (tertiary/aromatic N) is 2. The minimum absolute atomic E-state index is 0.819. The van der Waals surface area contributed by atoms with Crippen LogP contribution in [0.4, 0.5) is 0 Å². The van der Waals surface area contributed by atoms with Crippen LogP contribution < -0.4 is 0 Å². The second-order valence-corrected chi connectivity index (χ2v) is 8.54. The van der Waals surface area contributed by atoms with Gasteiger partial charge in [0.05, 0.1) is 11.0 Å². The Morgan fingerprint density at radius 3 is 2.30 bits per heavy atom. The van der Waals surface area contributed by atoms with Crippen LogP contribution in [-0.4, -0.2) is 9.97 Å². The lowest BCUT2D eigenvalue weighted by Crippen LogP contribution is -2.02. The zero-order chi connectivity index (χ0) is 21.1. The normalized spacial score (nSPS) is 12.5. The van der Waals surface area contributed by atoms with Crippen molar-refractivity contribution in [1.82, 2.24) is 9.97 Å². The third kappa shape index (κ3) is 4.09. The highest BCUT2D eigenvalue weighted by molar-refractivity contribution is 6.04. The first-order valence-corrected chi connectivity index (χ1v) is 11.4. The topological polar surface area (TPSA) is 25.8 Å². The molecule has 4 aromatic rings. The predicted octanol–water partition coefficient (Wildman–Crippen LogP) is 7.83. The van der Waals surface area contributed by atoms with E-state index in [4.69, 9.17) is 9.97 Å². The summed E-state index contributed by atoms with van der Waals surface area (Å²) in [5.74, 6) is 0.819. The van der Waals surface area contributed by atoms with Crippen LogP contribution in [0.5, 0.6) is 0 Å². The largest absolute Gasteiger partial charge is 0.251 e. The van der Waals surface area contributed by atoms with E-state index in [0.717, 1.165) is 45.5 Å². The second-order valence-electron chi connectivity index (χ2n) is 8.54. The summed E-state index contributed by atoms with van der Waals surface area (Å²) in [5, 5.41) is 2.31. The number of aromatic nitrogens is 2. The molecule has 0 saturated heterocycles. The Hall–Kier alpha value is -2.74. The fourth-order valence-corrected chi connectivity index (χ4v) is 4.60. The van der Waals surface area contributed by atoms with Gasteiger partial charge in [-0.2, -0.15) is 0 Å². The van der Waals surface area contributed by atoms with Crippen LogP contribution in [0.25, 0.3) is 32.9 Å². The lowest BCUT2D eigenvalue weighted by molar-refractivity contribution is 0.432. The van der Waals surface area contributed by atoms with Crippen molar-refractivity contribution in [2.45, 2.75) is 59.8 Å². The summed E-state index contributed by atoms with van der Waals surface area (Å²) in [6.07, 6.45) is 6.26. The van der Waals surface area contributed by atoms with Crippen molar-refractivity contribution >= 4 is 21.8 Å². The molecule has 0 aliphatic heterocycles. The highest BCUT2D eigenvalue weighted by Gasteiger charge is 2.13. The van der Waals surface area contributed by atoms with E-state index < -0.39 is 0 Å². The first kappa shape index (κ1) is 20.5. The third-order valence-electron chi connectivity index (χ3n) is 6.38. The molecule has 2 aromatic heterocycles. The predicted molar refractivity (Wildman–Crippen MR) is 129 cm³/mol. The van der Waals surface area contributed by atoms with Crippen LogP contribution in [0.15, 0.2) is 54.6 Å². The van der Waals surface area contributed by atoms with Crippen molar-refractivity contribution in [2.75, 3.05) is 0 Å². The number of pyridine rings is 2. The first-order chi connectivity index (χ1) is 14.6. The summed E-state index contributed by atoms with van der Waals surface area (Å²) in [6.45, 7) is 8.79. The Balaban J connectivity index is 1.76. The third-order valence-corrected chi connectivity index (χ3v) is 6.38. The molecule has 0 fully saturated rings. The van der Waals surface area contributed by atoms with Gasteiger partial charge in [-0.05, 0) is 55.9 Å². The number of rotatable bonds is 7. The zero-order valence-corrected chi connectivity index (χ0v) is 18.7. The van der Waals surface area contributed by atoms with Crippen LogP contribution in [-0.2, 0) is 6.42 Å². The van der Waals surface area contributed by atoms with E-state index in [9.17, 15) is 0 Å². The molecule has 0 saturated carbocycles. The van der Waals surface area contributed by atoms with Gasteiger partial charge >= 0.3 is 0 Å². The molecule has 0 radical (unpaired) electrons. The van der Waals surface area contributed by atoms with E-state index in [1.54, 1.807) is 0 Å². The Bertz CT molecular complexity index is 1180. The number of hydrogen-bond donors (Lipinski definition) is 0. The van der Waals surface area contributed by atoms with Gasteiger partial charge in [-0.1, -0.05) is 75.6 Å². The Morgan fingerprint density at radius 2 is 1.50 bits per heavy atom. The van der Waals surface area contributed by atoms with E-state index in [2.05, 4.69) is 75.4 Å². The number of fused-ring (bicyclic) bond motifs is 3. The summed E-state index contributed by atoms with van der Waals surface area (Å²) >= 11 is 0. The average Bonchev–Trinajstić information content (AvgIpc) is 2.76. The standard InChI is InChI=1S/C28H32N2/c1-5-9-21(6-2)13-15-22-10-7-8-11-25(22)26-18-24-17-16-23-14-12-19(3)29-27(23)28(24)30-20(26)4/h7-8,10-12,14,16-18,21H,5-6,9,13,15H2,1-4H3. The van der Waals surface area contributed by atoms with Crippen molar-refractivity contribution in [3.63, 3.8) is 0 Å². The van der Waals surface area contributed by atoms with Gasteiger partial charge in [0.15, 0.2) is 0 Å². The molecule has 0 aliphatic rings. The van der Waals surface area contributed by atoms with E-state index in [0.29, 0.717) is 0 Å². The lowest BCUT2D eigenvalue weighted by atomic mass is 9.89.